The standard InChI is InChI=1S/C20H23N3O2S/c1-12-4-6-15(7-5-12)10-21-17(25)11-26-20-18(14(3)24)13(2)22-19(23-20)16-8-9-16/h4-7,16H,8-11H2,1-3H3,(H,21,25). The van der Waals surface area contributed by atoms with Crippen LogP contribution in [0.3, 0.4) is 0 Å². The molecule has 1 saturated carbocycles. The van der Waals surface area contributed by atoms with E-state index in [1.165, 1.54) is 24.2 Å². The third kappa shape index (κ3) is 4.69. The van der Waals surface area contributed by atoms with E-state index >= 15 is 0 Å². The minimum absolute atomic E-state index is 0.0626. The van der Waals surface area contributed by atoms with Crippen LogP contribution >= 0.6 is 11.8 Å². The molecule has 6 heteroatoms. The Balaban J connectivity index is 1.63. The Kier molecular flexibility index (Phi) is 5.71. The summed E-state index contributed by atoms with van der Waals surface area (Å²) in [6, 6.07) is 8.06. The van der Waals surface area contributed by atoms with Crippen LogP contribution in [0.5, 0.6) is 0 Å². The highest BCUT2D eigenvalue weighted by molar-refractivity contribution is 8.00. The predicted octanol–water partition coefficient (Wildman–Crippen LogP) is 3.58. The van der Waals surface area contributed by atoms with Gasteiger partial charge in [0, 0.05) is 12.5 Å². The minimum atomic E-state index is -0.0747. The van der Waals surface area contributed by atoms with Gasteiger partial charge in [-0.15, -0.1) is 0 Å². The number of carbonyl (C=O) groups excluding carboxylic acids is 2. The number of ketones is 1. The molecule has 1 aliphatic rings. The van der Waals surface area contributed by atoms with Crippen molar-refractivity contribution in [3.8, 4) is 0 Å². The molecule has 136 valence electrons. The molecule has 26 heavy (non-hydrogen) atoms. The molecule has 0 aliphatic heterocycles. The van der Waals surface area contributed by atoms with Gasteiger partial charge in [-0.25, -0.2) is 9.97 Å². The highest BCUT2D eigenvalue weighted by Crippen LogP contribution is 2.39. The molecule has 1 heterocycles. The first-order valence-electron chi connectivity index (χ1n) is 8.78. The molecule has 1 aliphatic carbocycles. The van der Waals surface area contributed by atoms with Gasteiger partial charge >= 0.3 is 0 Å². The molecule has 5 nitrogen and oxygen atoms in total. The van der Waals surface area contributed by atoms with Crippen LogP contribution in [-0.4, -0.2) is 27.4 Å². The van der Waals surface area contributed by atoms with E-state index in [1.54, 1.807) is 0 Å². The van der Waals surface area contributed by atoms with E-state index in [4.69, 9.17) is 0 Å². The average Bonchev–Trinajstić information content (AvgIpc) is 3.43. The van der Waals surface area contributed by atoms with Crippen LogP contribution in [0.25, 0.3) is 0 Å². The fourth-order valence-electron chi connectivity index (χ4n) is 2.69. The first-order valence-corrected chi connectivity index (χ1v) is 9.77. The molecular formula is C20H23N3O2S. The Labute approximate surface area is 158 Å². The fourth-order valence-corrected chi connectivity index (χ4v) is 3.66. The number of aryl methyl sites for hydroxylation is 2. The number of aromatic nitrogens is 2. The second kappa shape index (κ2) is 7.99. The topological polar surface area (TPSA) is 72.0 Å². The largest absolute Gasteiger partial charge is 0.351 e. The highest BCUT2D eigenvalue weighted by Gasteiger charge is 2.29. The molecule has 1 amide bonds. The summed E-state index contributed by atoms with van der Waals surface area (Å²) in [6.07, 6.45) is 2.19. The number of Topliss-reactive ketones (excluding diaryl/α,β-unsaturated/α-hetero) is 1. The van der Waals surface area contributed by atoms with Gasteiger partial charge in [0.1, 0.15) is 10.9 Å². The van der Waals surface area contributed by atoms with E-state index < -0.39 is 0 Å². The maximum absolute atomic E-state index is 12.2. The van der Waals surface area contributed by atoms with E-state index in [-0.39, 0.29) is 17.4 Å². The number of nitrogens with zero attached hydrogens (tertiary/aromatic N) is 2. The van der Waals surface area contributed by atoms with Crippen molar-refractivity contribution in [2.24, 2.45) is 0 Å². The van der Waals surface area contributed by atoms with Crippen LogP contribution in [0.2, 0.25) is 0 Å². The number of benzene rings is 1. The van der Waals surface area contributed by atoms with Gasteiger partial charge in [-0.1, -0.05) is 41.6 Å². The van der Waals surface area contributed by atoms with E-state index in [1.807, 2.05) is 38.1 Å². The zero-order chi connectivity index (χ0) is 18.7. The van der Waals surface area contributed by atoms with E-state index in [9.17, 15) is 9.59 Å². The van der Waals surface area contributed by atoms with Gasteiger partial charge in [-0.2, -0.15) is 0 Å². The molecule has 0 saturated heterocycles. The van der Waals surface area contributed by atoms with E-state index in [0.29, 0.717) is 28.7 Å². The van der Waals surface area contributed by atoms with Crippen molar-refractivity contribution in [1.82, 2.24) is 15.3 Å². The van der Waals surface area contributed by atoms with Gasteiger partial charge in [0.15, 0.2) is 5.78 Å². The quantitative estimate of drug-likeness (QED) is 0.459. The van der Waals surface area contributed by atoms with Crippen LogP contribution in [0, 0.1) is 13.8 Å². The van der Waals surface area contributed by atoms with Crippen LogP contribution < -0.4 is 5.32 Å². The molecule has 1 aromatic carbocycles. The van der Waals surface area contributed by atoms with Gasteiger partial charge < -0.3 is 5.32 Å². The first kappa shape index (κ1) is 18.6. The van der Waals surface area contributed by atoms with Gasteiger partial charge in [0.2, 0.25) is 5.91 Å². The van der Waals surface area contributed by atoms with Crippen LogP contribution in [-0.2, 0) is 11.3 Å². The normalized spacial score (nSPS) is 13.5. The Morgan fingerprint density at radius 3 is 2.46 bits per heavy atom. The SMILES string of the molecule is CC(=O)c1c(C)nc(C2CC2)nc1SCC(=O)NCc1ccc(C)cc1. The molecule has 0 radical (unpaired) electrons. The van der Waals surface area contributed by atoms with E-state index in [2.05, 4.69) is 15.3 Å². The molecular weight excluding hydrogens is 346 g/mol. The number of hydrogen-bond acceptors (Lipinski definition) is 5. The summed E-state index contributed by atoms with van der Waals surface area (Å²) in [5.41, 5.74) is 3.49. The molecule has 1 aromatic heterocycles. The summed E-state index contributed by atoms with van der Waals surface area (Å²) in [4.78, 5) is 33.2. The monoisotopic (exact) mass is 369 g/mol. The van der Waals surface area contributed by atoms with Crippen molar-refractivity contribution in [3.05, 3.63) is 52.5 Å². The molecule has 1 N–H and O–H groups in total. The third-order valence-electron chi connectivity index (χ3n) is 4.32. The second-order valence-electron chi connectivity index (χ2n) is 6.73. The molecule has 0 atom stereocenters. The zero-order valence-electron chi connectivity index (χ0n) is 15.3. The van der Waals surface area contributed by atoms with Gasteiger partial charge in [0.05, 0.1) is 17.0 Å². The summed E-state index contributed by atoms with van der Waals surface area (Å²) in [6.45, 7) is 5.89. The Morgan fingerprint density at radius 1 is 1.15 bits per heavy atom. The lowest BCUT2D eigenvalue weighted by molar-refractivity contribution is -0.118. The molecule has 0 bridgehead atoms. The first-order chi connectivity index (χ1) is 12.4. The maximum Gasteiger partial charge on any atom is 0.230 e. The number of amides is 1. The summed E-state index contributed by atoms with van der Waals surface area (Å²) < 4.78 is 0. The number of hydrogen-bond donors (Lipinski definition) is 1. The Hall–Kier alpha value is -2.21. The summed E-state index contributed by atoms with van der Waals surface area (Å²) in [7, 11) is 0. The lowest BCUT2D eigenvalue weighted by Gasteiger charge is -2.11. The number of carbonyl (C=O) groups is 2. The number of nitrogens with one attached hydrogen (secondary N) is 1. The Bertz CT molecular complexity index is 830. The van der Waals surface area contributed by atoms with E-state index in [0.717, 1.165) is 24.2 Å². The number of thioether (sulfide) groups is 1. The minimum Gasteiger partial charge on any atom is -0.351 e. The van der Waals surface area contributed by atoms with Crippen LogP contribution in [0.1, 0.15) is 58.7 Å². The Morgan fingerprint density at radius 2 is 1.85 bits per heavy atom. The van der Waals surface area contributed by atoms with Crippen molar-refractivity contribution in [3.63, 3.8) is 0 Å². The van der Waals surface area contributed by atoms with Crippen molar-refractivity contribution in [1.29, 1.82) is 0 Å². The number of rotatable bonds is 7. The van der Waals surface area contributed by atoms with Crippen molar-refractivity contribution >= 4 is 23.5 Å². The van der Waals surface area contributed by atoms with Crippen molar-refractivity contribution in [2.45, 2.75) is 51.1 Å². The molecule has 0 spiro atoms. The molecule has 3 rings (SSSR count). The van der Waals surface area contributed by atoms with Crippen LogP contribution in [0.4, 0.5) is 0 Å². The van der Waals surface area contributed by atoms with Gasteiger partial charge in [0.25, 0.3) is 0 Å². The smallest absolute Gasteiger partial charge is 0.230 e. The lowest BCUT2D eigenvalue weighted by Crippen LogP contribution is -2.24. The third-order valence-corrected chi connectivity index (χ3v) is 5.29. The van der Waals surface area contributed by atoms with Crippen molar-refractivity contribution in [2.75, 3.05) is 5.75 Å². The fraction of sp³-hybridized carbons (Fsp3) is 0.400. The van der Waals surface area contributed by atoms with Crippen molar-refractivity contribution < 1.29 is 9.59 Å². The highest BCUT2D eigenvalue weighted by atomic mass is 32.2. The molecule has 0 unspecified atom stereocenters. The second-order valence-corrected chi connectivity index (χ2v) is 7.69. The maximum atomic E-state index is 12.2. The zero-order valence-corrected chi connectivity index (χ0v) is 16.2. The summed E-state index contributed by atoms with van der Waals surface area (Å²) >= 11 is 1.31. The van der Waals surface area contributed by atoms with Crippen LogP contribution in [0.15, 0.2) is 29.3 Å². The van der Waals surface area contributed by atoms with Gasteiger partial charge in [-0.05, 0) is 39.2 Å². The van der Waals surface area contributed by atoms with Gasteiger partial charge in [-0.3, -0.25) is 9.59 Å². The predicted molar refractivity (Wildman–Crippen MR) is 102 cm³/mol. The lowest BCUT2D eigenvalue weighted by atomic mass is 10.1. The summed E-state index contributed by atoms with van der Waals surface area (Å²) in [5.74, 6) is 1.30. The molecule has 1 fully saturated rings. The average molecular weight is 369 g/mol. The molecule has 2 aromatic rings. The summed E-state index contributed by atoms with van der Waals surface area (Å²) in [5, 5.41) is 3.54.